The Morgan fingerprint density at radius 2 is 2.43 bits per heavy atom. The van der Waals surface area contributed by atoms with Crippen molar-refractivity contribution in [1.29, 1.82) is 0 Å². The van der Waals surface area contributed by atoms with Gasteiger partial charge in [0.2, 0.25) is 5.88 Å². The predicted octanol–water partition coefficient (Wildman–Crippen LogP) is 2.88. The number of rotatable bonds is 2. The first-order chi connectivity index (χ1) is 6.77. The zero-order valence-corrected chi connectivity index (χ0v) is 10.0. The molecule has 0 aliphatic rings. The van der Waals surface area contributed by atoms with Crippen LogP contribution in [0.2, 0.25) is 5.02 Å². The zero-order valence-electron chi connectivity index (χ0n) is 7.68. The van der Waals surface area contributed by atoms with Gasteiger partial charge in [0.15, 0.2) is 0 Å². The van der Waals surface area contributed by atoms with Gasteiger partial charge >= 0.3 is 0 Å². The van der Waals surface area contributed by atoms with Crippen LogP contribution in [0.3, 0.4) is 0 Å². The van der Waals surface area contributed by atoms with E-state index in [0.717, 1.165) is 17.3 Å². The van der Waals surface area contributed by atoms with Crippen LogP contribution < -0.4 is 4.74 Å². The number of nitrogens with zero attached hydrogens (tertiary/aromatic N) is 1. The number of methoxy groups -OCH3 is 1. The first-order valence-corrected chi connectivity index (χ1v) is 5.52. The number of hydrogen-bond donors (Lipinski definition) is 0. The van der Waals surface area contributed by atoms with E-state index >= 15 is 0 Å². The molecule has 1 aromatic rings. The topological polar surface area (TPSA) is 22.1 Å². The van der Waals surface area contributed by atoms with Crippen molar-refractivity contribution in [2.24, 2.45) is 0 Å². The smallest absolute Gasteiger partial charge is 0.229 e. The summed E-state index contributed by atoms with van der Waals surface area (Å²) in [4.78, 5) is 4.01. The highest BCUT2D eigenvalue weighted by Crippen LogP contribution is 2.17. The molecule has 0 spiro atoms. The van der Waals surface area contributed by atoms with Crippen molar-refractivity contribution in [2.45, 2.75) is 6.42 Å². The second-order valence-corrected chi connectivity index (χ2v) is 3.68. The van der Waals surface area contributed by atoms with Gasteiger partial charge in [-0.15, -0.1) is 0 Å². The fraction of sp³-hybridized carbons (Fsp3) is 0.300. The number of ether oxygens (including phenoxy) is 1. The zero-order chi connectivity index (χ0) is 10.4. The van der Waals surface area contributed by atoms with Gasteiger partial charge in [-0.25, -0.2) is 4.98 Å². The largest absolute Gasteiger partial charge is 0.480 e. The van der Waals surface area contributed by atoms with Crippen molar-refractivity contribution in [1.82, 2.24) is 4.98 Å². The van der Waals surface area contributed by atoms with Gasteiger partial charge in [0.05, 0.1) is 17.7 Å². The molecule has 0 atom stereocenters. The number of alkyl halides is 1. The third-order valence-electron chi connectivity index (χ3n) is 1.45. The fourth-order valence-electron chi connectivity index (χ4n) is 0.884. The van der Waals surface area contributed by atoms with E-state index in [9.17, 15) is 0 Å². The number of halogens is 2. The Labute approximate surface area is 96.8 Å². The van der Waals surface area contributed by atoms with Crippen molar-refractivity contribution in [3.63, 3.8) is 0 Å². The second-order valence-electron chi connectivity index (χ2n) is 2.45. The summed E-state index contributed by atoms with van der Waals surface area (Å²) < 4.78 is 5.05. The molecule has 1 aromatic heterocycles. The minimum Gasteiger partial charge on any atom is -0.480 e. The summed E-state index contributed by atoms with van der Waals surface area (Å²) in [5.41, 5.74) is 0.723. The molecule has 0 saturated carbocycles. The molecular weight excluding hydrogens is 265 g/mol. The van der Waals surface area contributed by atoms with E-state index < -0.39 is 0 Å². The van der Waals surface area contributed by atoms with Crippen LogP contribution in [-0.4, -0.2) is 17.4 Å². The normalized spacial score (nSPS) is 9.07. The summed E-state index contributed by atoms with van der Waals surface area (Å²) in [5.74, 6) is 6.44. The Balaban J connectivity index is 2.94. The van der Waals surface area contributed by atoms with Gasteiger partial charge < -0.3 is 4.74 Å². The maximum Gasteiger partial charge on any atom is 0.229 e. The molecule has 0 N–H and O–H groups in total. The molecule has 0 aliphatic heterocycles. The van der Waals surface area contributed by atoms with E-state index in [-0.39, 0.29) is 0 Å². The Bertz CT molecular complexity index is 370. The van der Waals surface area contributed by atoms with Gasteiger partial charge in [-0.1, -0.05) is 39.4 Å². The van der Waals surface area contributed by atoms with Gasteiger partial charge in [-0.2, -0.15) is 0 Å². The molecule has 1 heterocycles. The molecule has 14 heavy (non-hydrogen) atoms. The minimum absolute atomic E-state index is 0.511. The van der Waals surface area contributed by atoms with Gasteiger partial charge in [0.25, 0.3) is 0 Å². The number of hydrogen-bond acceptors (Lipinski definition) is 2. The summed E-state index contributed by atoms with van der Waals surface area (Å²) in [7, 11) is 1.56. The number of pyridine rings is 1. The SMILES string of the molecule is COc1ncc(Cl)cc1C#CCCBr. The molecule has 1 rings (SSSR count). The van der Waals surface area contributed by atoms with Crippen LogP contribution in [-0.2, 0) is 0 Å². The standard InChI is InChI=1S/C10H9BrClNO/c1-14-10-8(4-2-3-5-11)6-9(12)7-13-10/h6-7H,3,5H2,1H3. The molecule has 4 heteroatoms. The highest BCUT2D eigenvalue weighted by Gasteiger charge is 2.01. The second kappa shape index (κ2) is 5.90. The quantitative estimate of drug-likeness (QED) is 0.611. The summed E-state index contributed by atoms with van der Waals surface area (Å²) in [5, 5.41) is 1.42. The first-order valence-electron chi connectivity index (χ1n) is 4.02. The van der Waals surface area contributed by atoms with Crippen LogP contribution in [0.15, 0.2) is 12.3 Å². The molecule has 0 fully saturated rings. The molecule has 0 aromatic carbocycles. The van der Waals surface area contributed by atoms with E-state index in [1.807, 2.05) is 0 Å². The van der Waals surface area contributed by atoms with Gasteiger partial charge in [0, 0.05) is 17.9 Å². The van der Waals surface area contributed by atoms with Crippen LogP contribution in [0.25, 0.3) is 0 Å². The summed E-state index contributed by atoms with van der Waals surface area (Å²) >= 11 is 9.09. The average Bonchev–Trinajstić information content (AvgIpc) is 2.19. The Morgan fingerprint density at radius 1 is 1.64 bits per heavy atom. The van der Waals surface area contributed by atoms with Crippen LogP contribution in [0.4, 0.5) is 0 Å². The lowest BCUT2D eigenvalue weighted by molar-refractivity contribution is 0.396. The molecular formula is C10H9BrClNO. The van der Waals surface area contributed by atoms with Crippen molar-refractivity contribution in [2.75, 3.05) is 12.4 Å². The molecule has 0 radical (unpaired) electrons. The van der Waals surface area contributed by atoms with E-state index in [0.29, 0.717) is 10.9 Å². The van der Waals surface area contributed by atoms with Gasteiger partial charge in [-0.3, -0.25) is 0 Å². The van der Waals surface area contributed by atoms with Crippen LogP contribution in [0, 0.1) is 11.8 Å². The van der Waals surface area contributed by atoms with E-state index in [1.165, 1.54) is 6.20 Å². The summed E-state index contributed by atoms with van der Waals surface area (Å²) in [6, 6.07) is 1.74. The molecule has 74 valence electrons. The highest BCUT2D eigenvalue weighted by molar-refractivity contribution is 9.09. The number of aromatic nitrogens is 1. The van der Waals surface area contributed by atoms with Crippen LogP contribution >= 0.6 is 27.5 Å². The molecule has 2 nitrogen and oxygen atoms in total. The molecule has 0 saturated heterocycles. The van der Waals surface area contributed by atoms with Gasteiger partial charge in [0.1, 0.15) is 0 Å². The Morgan fingerprint density at radius 3 is 3.07 bits per heavy atom. The molecule has 0 amide bonds. The molecule has 0 bridgehead atoms. The molecule has 0 unspecified atom stereocenters. The maximum absolute atomic E-state index is 5.79. The van der Waals surface area contributed by atoms with Gasteiger partial charge in [-0.05, 0) is 6.07 Å². The third kappa shape index (κ3) is 3.21. The average molecular weight is 275 g/mol. The van der Waals surface area contributed by atoms with Crippen LogP contribution in [0.5, 0.6) is 5.88 Å². The Hall–Kier alpha value is -0.720. The monoisotopic (exact) mass is 273 g/mol. The lowest BCUT2D eigenvalue weighted by atomic mass is 10.2. The van der Waals surface area contributed by atoms with Crippen molar-refractivity contribution in [3.05, 3.63) is 22.8 Å². The fourth-order valence-corrected chi connectivity index (χ4v) is 1.24. The minimum atomic E-state index is 0.511. The van der Waals surface area contributed by atoms with Crippen LogP contribution in [0.1, 0.15) is 12.0 Å². The Kier molecular flexibility index (Phi) is 4.78. The van der Waals surface area contributed by atoms with Crippen molar-refractivity contribution in [3.8, 4) is 17.7 Å². The summed E-state index contributed by atoms with van der Waals surface area (Å²) in [6.45, 7) is 0. The van der Waals surface area contributed by atoms with Crippen molar-refractivity contribution >= 4 is 27.5 Å². The maximum atomic E-state index is 5.79. The predicted molar refractivity (Wildman–Crippen MR) is 61.1 cm³/mol. The highest BCUT2D eigenvalue weighted by atomic mass is 79.9. The first kappa shape index (κ1) is 11.4. The van der Waals surface area contributed by atoms with E-state index in [4.69, 9.17) is 16.3 Å². The third-order valence-corrected chi connectivity index (χ3v) is 2.06. The van der Waals surface area contributed by atoms with Crippen molar-refractivity contribution < 1.29 is 4.74 Å². The van der Waals surface area contributed by atoms with E-state index in [1.54, 1.807) is 13.2 Å². The lowest BCUT2D eigenvalue weighted by Gasteiger charge is -2.00. The summed E-state index contributed by atoms with van der Waals surface area (Å²) in [6.07, 6.45) is 2.33. The molecule has 0 aliphatic carbocycles. The lowest BCUT2D eigenvalue weighted by Crippen LogP contribution is -1.91. The van der Waals surface area contributed by atoms with E-state index in [2.05, 4.69) is 32.8 Å².